The van der Waals surface area contributed by atoms with E-state index in [2.05, 4.69) is 400 Å². The fourth-order valence-electron chi connectivity index (χ4n) is 20.0. The van der Waals surface area contributed by atoms with Crippen LogP contribution in [-0.2, 0) is 10.8 Å². The van der Waals surface area contributed by atoms with Gasteiger partial charge in [-0.3, -0.25) is 0 Å². The quantitative estimate of drug-likeness (QED) is 0.147. The molecule has 10 heteroatoms. The molecule has 20 aromatic rings. The Kier molecular flexibility index (Phi) is 13.7. The lowest BCUT2D eigenvalue weighted by atomic mass is 9.30. The van der Waals surface area contributed by atoms with E-state index in [1.165, 1.54) is 60.2 Å². The number of para-hydroxylation sites is 9. The minimum atomic E-state index is -0.364. The van der Waals surface area contributed by atoms with Gasteiger partial charge < -0.3 is 37.4 Å². The zero-order valence-corrected chi connectivity index (χ0v) is 64.8. The summed E-state index contributed by atoms with van der Waals surface area (Å²) in [5.74, 6) is 0. The van der Waals surface area contributed by atoms with Crippen LogP contribution in [0.1, 0.15) is 58.2 Å². The first-order chi connectivity index (χ1) is 56.3. The van der Waals surface area contributed by atoms with E-state index in [-0.39, 0.29) is 24.3 Å². The average molecular weight is 1480 g/mol. The van der Waals surface area contributed by atoms with Crippen LogP contribution in [0.2, 0.25) is 0 Å². The Bertz CT molecular complexity index is 7470. The molecule has 4 aliphatic heterocycles. The zero-order valence-electron chi connectivity index (χ0n) is 64.8. The maximum Gasteiger partial charge on any atom is 0.252 e. The summed E-state index contributed by atoms with van der Waals surface area (Å²) in [5.41, 5.74) is 35.6. The molecule has 0 spiro atoms. The second-order valence-corrected chi connectivity index (χ2v) is 33.9. The molecule has 0 fully saturated rings. The van der Waals surface area contributed by atoms with E-state index >= 15 is 0 Å². The third-order valence-electron chi connectivity index (χ3n) is 25.3. The highest BCUT2D eigenvalue weighted by molar-refractivity contribution is 7.03. The number of fused-ring (bicyclic) bond motifs is 20. The van der Waals surface area contributed by atoms with Gasteiger partial charge in [0.25, 0.3) is 13.4 Å². The van der Waals surface area contributed by atoms with Gasteiger partial charge in [-0.25, -0.2) is 0 Å². The van der Waals surface area contributed by atoms with Crippen molar-refractivity contribution in [3.63, 3.8) is 0 Å². The Hall–Kier alpha value is -14.0. The maximum atomic E-state index is 7.41. The highest BCUT2D eigenvalue weighted by atomic mass is 16.3. The predicted octanol–water partition coefficient (Wildman–Crippen LogP) is 24.9. The molecule has 16 aromatic carbocycles. The lowest BCUT2D eigenvalue weighted by molar-refractivity contribution is 0.590. The van der Waals surface area contributed by atoms with E-state index in [4.69, 9.17) is 13.3 Å². The van der Waals surface area contributed by atoms with Gasteiger partial charge in [0.15, 0.2) is 16.7 Å². The van der Waals surface area contributed by atoms with E-state index in [0.29, 0.717) is 0 Å². The second kappa shape index (κ2) is 24.0. The third kappa shape index (κ3) is 9.45. The number of aryl methyl sites for hydroxylation is 1. The monoisotopic (exact) mass is 1480 g/mol. The molecule has 115 heavy (non-hydrogen) atoms. The highest BCUT2D eigenvalue weighted by Gasteiger charge is 2.51. The molecule has 8 nitrogen and oxygen atoms in total. The van der Waals surface area contributed by atoms with Gasteiger partial charge in [-0.1, -0.05) is 278 Å². The lowest BCUT2D eigenvalue weighted by Crippen LogP contribution is -2.65. The zero-order chi connectivity index (χ0) is 76.6. The number of furan rings is 3. The Labute approximate surface area is 666 Å². The van der Waals surface area contributed by atoms with Crippen molar-refractivity contribution in [2.75, 3.05) is 19.6 Å². The normalized spacial score (nSPS) is 13.6. The van der Waals surface area contributed by atoms with Gasteiger partial charge in [0.1, 0.15) is 16.7 Å². The molecule has 0 radical (unpaired) electrons. The van der Waals surface area contributed by atoms with Crippen LogP contribution in [0.5, 0.6) is 0 Å². The van der Waals surface area contributed by atoms with Gasteiger partial charge in [0, 0.05) is 105 Å². The molecule has 4 aromatic heterocycles. The molecule has 4 aliphatic rings. The first-order valence-corrected chi connectivity index (χ1v) is 40.2. The summed E-state index contributed by atoms with van der Waals surface area (Å²) < 4.78 is 24.4. The maximum absolute atomic E-state index is 7.41. The summed E-state index contributed by atoms with van der Waals surface area (Å²) >= 11 is 0. The molecule has 0 N–H and O–H groups in total. The van der Waals surface area contributed by atoms with Crippen molar-refractivity contribution in [2.45, 2.75) is 59.3 Å². The molecule has 0 amide bonds. The van der Waals surface area contributed by atoms with Gasteiger partial charge in [0.05, 0.1) is 33.8 Å². The lowest BCUT2D eigenvalue weighted by Gasteiger charge is -2.48. The van der Waals surface area contributed by atoms with Crippen molar-refractivity contribution < 1.29 is 13.3 Å². The molecule has 0 bridgehead atoms. The van der Waals surface area contributed by atoms with Crippen molar-refractivity contribution in [1.82, 2.24) is 4.57 Å². The largest absolute Gasteiger partial charge is 0.454 e. The molecule has 0 saturated heterocycles. The molecule has 544 valence electrons. The molecule has 8 heterocycles. The van der Waals surface area contributed by atoms with Gasteiger partial charge in [-0.05, 0) is 170 Å². The summed E-state index contributed by atoms with van der Waals surface area (Å²) in [6.45, 7) is 15.8. The number of rotatable bonds is 7. The van der Waals surface area contributed by atoms with E-state index in [1.54, 1.807) is 0 Å². The number of hydrogen-bond donors (Lipinski definition) is 0. The molecule has 24 rings (SSSR count). The minimum absolute atomic E-state index is 0.302. The Morgan fingerprint density at radius 2 is 0.635 bits per heavy atom. The fraction of sp³-hybridized carbons (Fsp3) is 0.0857. The second-order valence-electron chi connectivity index (χ2n) is 33.9. The highest BCUT2D eigenvalue weighted by Crippen LogP contribution is 2.56. The van der Waals surface area contributed by atoms with Crippen LogP contribution in [0.25, 0.3) is 116 Å². The van der Waals surface area contributed by atoms with E-state index < -0.39 is 0 Å². The van der Waals surface area contributed by atoms with Crippen molar-refractivity contribution >= 4 is 202 Å². The average Bonchev–Trinajstić information content (AvgIpc) is 0.949. The summed E-state index contributed by atoms with van der Waals surface area (Å²) in [6.07, 6.45) is 0. The Balaban J connectivity index is 0.880. The molecule has 0 saturated carbocycles. The smallest absolute Gasteiger partial charge is 0.252 e. The first-order valence-electron chi connectivity index (χ1n) is 40.2. The number of nitrogens with zero attached hydrogens (tertiary/aromatic N) is 5. The van der Waals surface area contributed by atoms with Crippen LogP contribution in [0.15, 0.2) is 341 Å². The molecular weight excluding hydrogens is 1400 g/mol. The van der Waals surface area contributed by atoms with Crippen LogP contribution in [0.4, 0.5) is 68.2 Å². The Morgan fingerprint density at radius 1 is 0.261 bits per heavy atom. The molecule has 0 aliphatic carbocycles. The topological polar surface area (TPSA) is 57.3 Å². The van der Waals surface area contributed by atoms with Gasteiger partial charge in [-0.15, -0.1) is 0 Å². The van der Waals surface area contributed by atoms with Crippen molar-refractivity contribution in [1.29, 1.82) is 0 Å². The van der Waals surface area contributed by atoms with Gasteiger partial charge in [-0.2, -0.15) is 0 Å². The number of hydrogen-bond acceptors (Lipinski definition) is 7. The van der Waals surface area contributed by atoms with Crippen LogP contribution in [0, 0.1) is 6.92 Å². The summed E-state index contributed by atoms with van der Waals surface area (Å²) in [6, 6.07) is 123. The Morgan fingerprint density at radius 3 is 1.10 bits per heavy atom. The van der Waals surface area contributed by atoms with E-state index in [1.807, 2.05) is 0 Å². The van der Waals surface area contributed by atoms with Gasteiger partial charge in [0.2, 0.25) is 0 Å². The third-order valence-corrected chi connectivity index (χ3v) is 25.3. The minimum Gasteiger partial charge on any atom is -0.454 e. The number of benzene rings is 16. The fourth-order valence-corrected chi connectivity index (χ4v) is 20.0. The summed E-state index contributed by atoms with van der Waals surface area (Å²) in [5, 5.41) is 8.85. The summed E-state index contributed by atoms with van der Waals surface area (Å²) in [7, 11) is 0. The van der Waals surface area contributed by atoms with Crippen LogP contribution < -0.4 is 52.4 Å². The SMILES string of the molecule is Cc1ccc2c(c1)B1c3cc4c(cc3N(c3cccc5c3oc3ccccc35)c3cc(C(C)(C)C)cc(c31)N2c1cccc2c1oc1ccccc12)N(c1c(-c2ccccc2)cccc1-c1ccccc1)c1cc(C(C)(C)C)cc2c1B4c1ccc(-n3c4ccccc4c4ccccc43)cc1N2c1cccc2c1oc1ccccc12. The molecular formula is C105H75B2N5O3. The van der Waals surface area contributed by atoms with Crippen LogP contribution >= 0.6 is 0 Å². The van der Waals surface area contributed by atoms with E-state index in [0.717, 1.165) is 173 Å². The van der Waals surface area contributed by atoms with Crippen molar-refractivity contribution in [3.8, 4) is 27.9 Å². The van der Waals surface area contributed by atoms with Crippen LogP contribution in [0.3, 0.4) is 0 Å². The van der Waals surface area contributed by atoms with Crippen molar-refractivity contribution in [3.05, 3.63) is 344 Å². The number of anilines is 12. The standard InChI is InChI=1S/C105H75B2N5O3/c1-62-50-53-84-79(54-62)107-80-60-81-90(61-89(80)111(87-46-27-41-77-74-36-18-23-49-97(74)115-103(77)87)92-56-65(104(2,3)4)55-91(98(92)107)109(84)85-44-25-39-75-72-34-16-21-47-95(72)113-101(75)85)112(100-68(63-28-10-8-11-29-63)37-24-38-69(100)64-30-12-9-13-31-64)94-58-66(105(5,6)7)57-93-99(94)106(81)78-52-51-67(108-82-42-19-14-32-70(82)71-33-15-20-43-83(71)108)59-88(78)110(93)86-45-26-40-76-73-35-17-22-48-96(73)114-102(76)86/h8-61H,1-7H3. The van der Waals surface area contributed by atoms with Crippen molar-refractivity contribution in [2.24, 2.45) is 0 Å². The molecule has 0 atom stereocenters. The van der Waals surface area contributed by atoms with E-state index in [9.17, 15) is 0 Å². The van der Waals surface area contributed by atoms with Crippen LogP contribution in [-0.4, -0.2) is 18.0 Å². The van der Waals surface area contributed by atoms with Gasteiger partial charge >= 0.3 is 0 Å². The predicted molar refractivity (Wildman–Crippen MR) is 484 cm³/mol. The number of aromatic nitrogens is 1. The first kappa shape index (κ1) is 65.7. The summed E-state index contributed by atoms with van der Waals surface area (Å²) in [4.78, 5) is 10.5. The molecule has 0 unspecified atom stereocenters.